The Morgan fingerprint density at radius 3 is 2.35 bits per heavy atom. The second kappa shape index (κ2) is 8.44. The third-order valence-corrected chi connectivity index (χ3v) is 9.72. The molecule has 0 radical (unpaired) electrons. The predicted molar refractivity (Wildman–Crippen MR) is 115 cm³/mol. The van der Waals surface area contributed by atoms with Crippen LogP contribution in [-0.2, 0) is 30.8 Å². The van der Waals surface area contributed by atoms with Gasteiger partial charge in [-0.3, -0.25) is 9.69 Å². The molecule has 0 saturated carbocycles. The van der Waals surface area contributed by atoms with Gasteiger partial charge in [0.1, 0.15) is 11.7 Å². The number of fused-ring (bicyclic) bond motifs is 2. The maximum absolute atomic E-state index is 13.7. The van der Waals surface area contributed by atoms with E-state index in [0.717, 1.165) is 18.4 Å². The van der Waals surface area contributed by atoms with Crippen molar-refractivity contribution in [2.45, 2.75) is 49.2 Å². The van der Waals surface area contributed by atoms with Crippen molar-refractivity contribution in [1.82, 2.24) is 14.1 Å². The van der Waals surface area contributed by atoms with E-state index in [1.54, 1.807) is 4.31 Å². The van der Waals surface area contributed by atoms with Crippen LogP contribution in [0.2, 0.25) is 0 Å². The molecule has 0 N–H and O–H groups in total. The van der Waals surface area contributed by atoms with Gasteiger partial charge in [-0.1, -0.05) is 30.3 Å². The number of rotatable bonds is 4. The summed E-state index contributed by atoms with van der Waals surface area (Å²) in [6, 6.07) is 9.61. The molecule has 0 bridgehead atoms. The van der Waals surface area contributed by atoms with Crippen LogP contribution < -0.4 is 0 Å². The average Bonchev–Trinajstić information content (AvgIpc) is 3.03. The highest BCUT2D eigenvalue weighted by Crippen LogP contribution is 2.42. The van der Waals surface area contributed by atoms with E-state index in [0.29, 0.717) is 58.9 Å². The van der Waals surface area contributed by atoms with E-state index >= 15 is 0 Å². The number of benzene rings is 1. The van der Waals surface area contributed by atoms with Gasteiger partial charge in [0.25, 0.3) is 0 Å². The number of amides is 1. The Morgan fingerprint density at radius 2 is 1.65 bits per heavy atom. The highest BCUT2D eigenvalue weighted by atomic mass is 32.2. The summed E-state index contributed by atoms with van der Waals surface area (Å²) < 4.78 is 39.1. The van der Waals surface area contributed by atoms with Crippen LogP contribution in [0.1, 0.15) is 31.2 Å². The van der Waals surface area contributed by atoms with Gasteiger partial charge in [-0.15, -0.1) is 0 Å². The Balaban J connectivity index is 1.41. The van der Waals surface area contributed by atoms with Crippen LogP contribution in [0, 0.1) is 0 Å². The summed E-state index contributed by atoms with van der Waals surface area (Å²) in [5, 5.41) is -0.401. The van der Waals surface area contributed by atoms with E-state index in [1.807, 2.05) is 35.2 Å². The van der Waals surface area contributed by atoms with E-state index < -0.39 is 21.3 Å². The van der Waals surface area contributed by atoms with Crippen molar-refractivity contribution in [2.24, 2.45) is 0 Å². The molecule has 1 amide bonds. The standard InChI is InChI=1S/C22H31N3O5S/c26-21-20-17-23(31(27,28)19-6-12-29-13-7-19)10-11-24(20)22(8-14-30-15-9-22)25(21)16-18-4-2-1-3-5-18/h1-5,19-20H,6-17H2/t20-/m1/s1. The van der Waals surface area contributed by atoms with E-state index in [1.165, 1.54) is 0 Å². The van der Waals surface area contributed by atoms with E-state index in [-0.39, 0.29) is 18.1 Å². The molecule has 0 unspecified atom stereocenters. The number of hydrogen-bond donors (Lipinski definition) is 0. The summed E-state index contributed by atoms with van der Waals surface area (Å²) in [6.45, 7) is 4.00. The van der Waals surface area contributed by atoms with Gasteiger partial charge in [0.2, 0.25) is 15.9 Å². The lowest BCUT2D eigenvalue weighted by atomic mass is 9.96. The lowest BCUT2D eigenvalue weighted by molar-refractivity contribution is -0.137. The lowest BCUT2D eigenvalue weighted by Gasteiger charge is -2.49. The van der Waals surface area contributed by atoms with Crippen LogP contribution in [0.5, 0.6) is 0 Å². The van der Waals surface area contributed by atoms with Gasteiger partial charge in [0, 0.05) is 52.2 Å². The van der Waals surface area contributed by atoms with Crippen molar-refractivity contribution in [2.75, 3.05) is 46.1 Å². The highest BCUT2D eigenvalue weighted by Gasteiger charge is 2.59. The number of hydrogen-bond acceptors (Lipinski definition) is 6. The normalized spacial score (nSPS) is 28.2. The molecule has 0 aliphatic carbocycles. The molecule has 4 heterocycles. The maximum Gasteiger partial charge on any atom is 0.243 e. The zero-order chi connectivity index (χ0) is 21.5. The second-order valence-corrected chi connectivity index (χ2v) is 11.1. The first kappa shape index (κ1) is 21.3. The van der Waals surface area contributed by atoms with Gasteiger partial charge in [0.05, 0.1) is 18.5 Å². The molecule has 4 aliphatic rings. The quantitative estimate of drug-likeness (QED) is 0.683. The molecule has 1 atom stereocenters. The zero-order valence-corrected chi connectivity index (χ0v) is 18.6. The summed E-state index contributed by atoms with van der Waals surface area (Å²) in [6.07, 6.45) is 2.58. The van der Waals surface area contributed by atoms with Crippen molar-refractivity contribution in [3.05, 3.63) is 35.9 Å². The van der Waals surface area contributed by atoms with Crippen LogP contribution in [0.15, 0.2) is 30.3 Å². The number of carbonyl (C=O) groups is 1. The molecular formula is C22H31N3O5S. The first-order valence-corrected chi connectivity index (χ1v) is 12.8. The smallest absolute Gasteiger partial charge is 0.243 e. The largest absolute Gasteiger partial charge is 0.381 e. The van der Waals surface area contributed by atoms with E-state index in [9.17, 15) is 13.2 Å². The Labute approximate surface area is 184 Å². The average molecular weight is 450 g/mol. The fraction of sp³-hybridized carbons (Fsp3) is 0.682. The molecule has 170 valence electrons. The van der Waals surface area contributed by atoms with Crippen LogP contribution in [0.25, 0.3) is 0 Å². The van der Waals surface area contributed by atoms with Gasteiger partial charge >= 0.3 is 0 Å². The maximum atomic E-state index is 13.7. The third kappa shape index (κ3) is 3.70. The van der Waals surface area contributed by atoms with Crippen molar-refractivity contribution in [1.29, 1.82) is 0 Å². The fourth-order valence-electron chi connectivity index (χ4n) is 5.67. The fourth-order valence-corrected chi connectivity index (χ4v) is 7.56. The molecule has 4 saturated heterocycles. The summed E-state index contributed by atoms with van der Waals surface area (Å²) in [5.74, 6) is 0.0395. The number of nitrogens with zero attached hydrogens (tertiary/aromatic N) is 3. The van der Waals surface area contributed by atoms with Gasteiger partial charge in [-0.05, 0) is 18.4 Å². The monoisotopic (exact) mass is 449 g/mol. The van der Waals surface area contributed by atoms with Gasteiger partial charge in [-0.25, -0.2) is 8.42 Å². The Hall–Kier alpha value is -1.52. The van der Waals surface area contributed by atoms with Crippen molar-refractivity contribution in [3.8, 4) is 0 Å². The summed E-state index contributed by atoms with van der Waals surface area (Å²) in [7, 11) is -3.43. The summed E-state index contributed by atoms with van der Waals surface area (Å²) >= 11 is 0. The molecular weight excluding hydrogens is 418 g/mol. The number of carbonyl (C=O) groups excluding carboxylic acids is 1. The molecule has 9 heteroatoms. The molecule has 1 aromatic rings. The Kier molecular flexibility index (Phi) is 5.81. The third-order valence-electron chi connectivity index (χ3n) is 7.36. The Bertz CT molecular complexity index is 897. The molecule has 5 rings (SSSR count). The predicted octanol–water partition coefficient (Wildman–Crippen LogP) is 1.03. The van der Waals surface area contributed by atoms with Gasteiger partial charge in [-0.2, -0.15) is 4.31 Å². The highest BCUT2D eigenvalue weighted by molar-refractivity contribution is 7.89. The number of ether oxygens (including phenoxy) is 2. The lowest BCUT2D eigenvalue weighted by Crippen LogP contribution is -2.63. The van der Waals surface area contributed by atoms with Crippen molar-refractivity contribution >= 4 is 15.9 Å². The van der Waals surface area contributed by atoms with Crippen LogP contribution in [0.4, 0.5) is 0 Å². The van der Waals surface area contributed by atoms with Crippen LogP contribution in [-0.4, -0.2) is 91.4 Å². The number of piperazine rings is 1. The van der Waals surface area contributed by atoms with Crippen molar-refractivity contribution < 1.29 is 22.7 Å². The topological polar surface area (TPSA) is 79.4 Å². The molecule has 1 aromatic carbocycles. The minimum absolute atomic E-state index is 0.0395. The molecule has 1 spiro atoms. The molecule has 31 heavy (non-hydrogen) atoms. The van der Waals surface area contributed by atoms with E-state index in [2.05, 4.69) is 4.90 Å². The molecule has 8 nitrogen and oxygen atoms in total. The summed E-state index contributed by atoms with van der Waals surface area (Å²) in [5.41, 5.74) is 0.706. The first-order valence-electron chi connectivity index (χ1n) is 11.3. The van der Waals surface area contributed by atoms with E-state index in [4.69, 9.17) is 9.47 Å². The van der Waals surface area contributed by atoms with Gasteiger partial charge in [0.15, 0.2) is 0 Å². The molecule has 4 fully saturated rings. The zero-order valence-electron chi connectivity index (χ0n) is 17.8. The minimum atomic E-state index is -3.43. The number of sulfonamides is 1. The van der Waals surface area contributed by atoms with Gasteiger partial charge < -0.3 is 14.4 Å². The second-order valence-electron chi connectivity index (χ2n) is 8.93. The van der Waals surface area contributed by atoms with Crippen LogP contribution in [0.3, 0.4) is 0 Å². The molecule has 4 aliphatic heterocycles. The van der Waals surface area contributed by atoms with Crippen LogP contribution >= 0.6 is 0 Å². The SMILES string of the molecule is O=C1[C@H]2CN(S(=O)(=O)C3CCOCC3)CCN2C2(CCOCC2)N1Cc1ccccc1. The minimum Gasteiger partial charge on any atom is -0.381 e. The molecule has 0 aromatic heterocycles. The summed E-state index contributed by atoms with van der Waals surface area (Å²) in [4.78, 5) is 17.9. The first-order chi connectivity index (χ1) is 15.0. The van der Waals surface area contributed by atoms with Crippen molar-refractivity contribution in [3.63, 3.8) is 0 Å². The Morgan fingerprint density at radius 1 is 0.968 bits per heavy atom.